The second-order valence-electron chi connectivity index (χ2n) is 7.88. The van der Waals surface area contributed by atoms with E-state index in [0.29, 0.717) is 38.3 Å². The highest BCUT2D eigenvalue weighted by Gasteiger charge is 2.22. The topological polar surface area (TPSA) is 61.9 Å². The first-order valence-corrected chi connectivity index (χ1v) is 13.3. The molecule has 0 aliphatic rings. The summed E-state index contributed by atoms with van der Waals surface area (Å²) in [7, 11) is 1.61. The zero-order chi connectivity index (χ0) is 25.0. The smallest absolute Gasteiger partial charge is 0.322 e. The van der Waals surface area contributed by atoms with Crippen LogP contribution in [0.2, 0.25) is 0 Å². The lowest BCUT2D eigenvalue weighted by molar-refractivity contribution is -0.133. The fourth-order valence-electron chi connectivity index (χ4n) is 3.43. The average molecular weight is 516 g/mol. The second kappa shape index (κ2) is 13.9. The first kappa shape index (κ1) is 26.7. The summed E-state index contributed by atoms with van der Waals surface area (Å²) in [6.45, 7) is 1.51. The van der Waals surface area contributed by atoms with E-state index in [9.17, 15) is 14.0 Å². The summed E-state index contributed by atoms with van der Waals surface area (Å²) in [6.07, 6.45) is 2.59. The van der Waals surface area contributed by atoms with Gasteiger partial charge in [0.2, 0.25) is 5.91 Å². The van der Waals surface area contributed by atoms with Crippen molar-refractivity contribution >= 4 is 40.7 Å². The highest BCUT2D eigenvalue weighted by Crippen LogP contribution is 2.19. The van der Waals surface area contributed by atoms with Crippen molar-refractivity contribution in [2.24, 2.45) is 0 Å². The quantitative estimate of drug-likeness (QED) is 0.248. The number of amides is 3. The first-order valence-electron chi connectivity index (χ1n) is 11.2. The molecule has 0 aliphatic heterocycles. The molecular weight excluding hydrogens is 485 g/mol. The Morgan fingerprint density at radius 2 is 1.77 bits per heavy atom. The standard InChI is InChI=1S/C26H30FN3O3S2/c1-33-15-4-14-29(26(32)28-22-10-12-23(34-2)13-11-22)19-25(31)30(18-24-5-3-16-35-24)17-20-6-8-21(27)9-7-20/h3,5-13,16H,4,14-15,17-19H2,1-2H3,(H,28,32). The molecule has 1 aromatic heterocycles. The van der Waals surface area contributed by atoms with Gasteiger partial charge in [-0.1, -0.05) is 18.2 Å². The summed E-state index contributed by atoms with van der Waals surface area (Å²) in [5.74, 6) is -0.510. The average Bonchev–Trinajstić information content (AvgIpc) is 3.38. The minimum absolute atomic E-state index is 0.0784. The van der Waals surface area contributed by atoms with Crippen molar-refractivity contribution in [3.05, 3.63) is 82.3 Å². The van der Waals surface area contributed by atoms with Gasteiger partial charge in [0, 0.05) is 42.3 Å². The summed E-state index contributed by atoms with van der Waals surface area (Å²) >= 11 is 3.19. The molecule has 6 nitrogen and oxygen atoms in total. The molecule has 35 heavy (non-hydrogen) atoms. The zero-order valence-corrected chi connectivity index (χ0v) is 21.5. The number of carbonyl (C=O) groups excluding carboxylic acids is 2. The van der Waals surface area contributed by atoms with Crippen molar-refractivity contribution in [3.8, 4) is 0 Å². The fraction of sp³-hybridized carbons (Fsp3) is 0.308. The molecule has 2 aromatic carbocycles. The van der Waals surface area contributed by atoms with E-state index in [2.05, 4.69) is 5.32 Å². The molecule has 1 heterocycles. The molecule has 0 radical (unpaired) electrons. The van der Waals surface area contributed by atoms with Crippen LogP contribution in [0.3, 0.4) is 0 Å². The number of ether oxygens (including phenoxy) is 1. The molecular formula is C26H30FN3O3S2. The molecule has 0 atom stereocenters. The minimum Gasteiger partial charge on any atom is -0.385 e. The van der Waals surface area contributed by atoms with Crippen LogP contribution >= 0.6 is 23.1 Å². The van der Waals surface area contributed by atoms with Crippen molar-refractivity contribution in [1.29, 1.82) is 0 Å². The van der Waals surface area contributed by atoms with Gasteiger partial charge in [-0.2, -0.15) is 0 Å². The van der Waals surface area contributed by atoms with Crippen LogP contribution < -0.4 is 5.32 Å². The Morgan fingerprint density at radius 1 is 1.03 bits per heavy atom. The van der Waals surface area contributed by atoms with Crippen LogP contribution in [0.15, 0.2) is 70.9 Å². The zero-order valence-electron chi connectivity index (χ0n) is 19.9. The Bertz CT molecular complexity index is 1060. The van der Waals surface area contributed by atoms with Gasteiger partial charge in [0.05, 0.1) is 6.54 Å². The van der Waals surface area contributed by atoms with Gasteiger partial charge in [-0.15, -0.1) is 23.1 Å². The van der Waals surface area contributed by atoms with Crippen LogP contribution in [0.5, 0.6) is 0 Å². The van der Waals surface area contributed by atoms with Gasteiger partial charge >= 0.3 is 6.03 Å². The van der Waals surface area contributed by atoms with Crippen molar-refractivity contribution < 1.29 is 18.7 Å². The van der Waals surface area contributed by atoms with Crippen molar-refractivity contribution in [1.82, 2.24) is 9.80 Å². The van der Waals surface area contributed by atoms with Crippen molar-refractivity contribution in [3.63, 3.8) is 0 Å². The number of rotatable bonds is 12. The maximum absolute atomic E-state index is 13.4. The molecule has 0 spiro atoms. The van der Waals surface area contributed by atoms with Gasteiger partial charge < -0.3 is 19.9 Å². The number of hydrogen-bond donors (Lipinski definition) is 1. The van der Waals surface area contributed by atoms with E-state index < -0.39 is 0 Å². The van der Waals surface area contributed by atoms with Gasteiger partial charge in [-0.05, 0) is 66.1 Å². The molecule has 0 saturated heterocycles. The molecule has 3 rings (SSSR count). The molecule has 0 unspecified atom stereocenters. The van der Waals surface area contributed by atoms with Gasteiger partial charge in [0.15, 0.2) is 0 Å². The van der Waals surface area contributed by atoms with Crippen LogP contribution in [0, 0.1) is 5.82 Å². The van der Waals surface area contributed by atoms with Gasteiger partial charge in [-0.25, -0.2) is 9.18 Å². The van der Waals surface area contributed by atoms with Crippen molar-refractivity contribution in [2.75, 3.05) is 38.4 Å². The highest BCUT2D eigenvalue weighted by molar-refractivity contribution is 7.98. The summed E-state index contributed by atoms with van der Waals surface area (Å²) in [4.78, 5) is 31.9. The maximum atomic E-state index is 13.4. The Balaban J connectivity index is 1.73. The Hall–Kier alpha value is -2.88. The number of carbonyl (C=O) groups is 2. The van der Waals surface area contributed by atoms with Crippen LogP contribution in [-0.2, 0) is 22.6 Å². The Morgan fingerprint density at radius 3 is 2.40 bits per heavy atom. The third-order valence-electron chi connectivity index (χ3n) is 5.30. The van der Waals surface area contributed by atoms with E-state index in [1.165, 1.54) is 17.0 Å². The molecule has 1 N–H and O–H groups in total. The number of hydrogen-bond acceptors (Lipinski definition) is 5. The predicted molar refractivity (Wildman–Crippen MR) is 140 cm³/mol. The number of urea groups is 1. The number of nitrogens with zero attached hydrogens (tertiary/aromatic N) is 2. The van der Waals surface area contributed by atoms with E-state index in [1.807, 2.05) is 48.0 Å². The summed E-state index contributed by atoms with van der Waals surface area (Å²) < 4.78 is 18.5. The van der Waals surface area contributed by atoms with Crippen molar-refractivity contribution in [2.45, 2.75) is 24.4 Å². The summed E-state index contributed by atoms with van der Waals surface area (Å²) in [5.41, 5.74) is 1.49. The third kappa shape index (κ3) is 8.69. The summed E-state index contributed by atoms with van der Waals surface area (Å²) in [6, 6.07) is 17.2. The SMILES string of the molecule is COCCCN(CC(=O)N(Cc1ccc(F)cc1)Cc1cccs1)C(=O)Nc1ccc(SC)cc1. The van der Waals surface area contributed by atoms with Crippen LogP contribution in [0.1, 0.15) is 16.9 Å². The van der Waals surface area contributed by atoms with Crippen LogP contribution in [0.4, 0.5) is 14.9 Å². The van der Waals surface area contributed by atoms with E-state index in [1.54, 1.807) is 47.2 Å². The summed E-state index contributed by atoms with van der Waals surface area (Å²) in [5, 5.41) is 4.85. The monoisotopic (exact) mass is 515 g/mol. The molecule has 9 heteroatoms. The number of benzene rings is 2. The van der Waals surface area contributed by atoms with E-state index >= 15 is 0 Å². The maximum Gasteiger partial charge on any atom is 0.322 e. The lowest BCUT2D eigenvalue weighted by Crippen LogP contribution is -2.44. The molecule has 186 valence electrons. The molecule has 0 bridgehead atoms. The highest BCUT2D eigenvalue weighted by atomic mass is 32.2. The predicted octanol–water partition coefficient (Wildman–Crippen LogP) is 5.71. The number of anilines is 1. The number of thioether (sulfide) groups is 1. The number of nitrogens with one attached hydrogen (secondary N) is 1. The van der Waals surface area contributed by atoms with Gasteiger partial charge in [-0.3, -0.25) is 4.79 Å². The Kier molecular flexibility index (Phi) is 10.6. The molecule has 3 amide bonds. The minimum atomic E-state index is -0.343. The van der Waals surface area contributed by atoms with Crippen LogP contribution in [0.25, 0.3) is 0 Å². The fourth-order valence-corrected chi connectivity index (χ4v) is 4.55. The normalized spacial score (nSPS) is 10.7. The second-order valence-corrected chi connectivity index (χ2v) is 9.79. The lowest BCUT2D eigenvalue weighted by atomic mass is 10.2. The van der Waals surface area contributed by atoms with Gasteiger partial charge in [0.25, 0.3) is 0 Å². The number of methoxy groups -OCH3 is 1. The Labute approximate surface area is 214 Å². The molecule has 3 aromatic rings. The first-order chi connectivity index (χ1) is 17.0. The molecule has 0 fully saturated rings. The molecule has 0 saturated carbocycles. The van der Waals surface area contributed by atoms with E-state index in [4.69, 9.17) is 4.74 Å². The third-order valence-corrected chi connectivity index (χ3v) is 6.90. The largest absolute Gasteiger partial charge is 0.385 e. The van der Waals surface area contributed by atoms with Gasteiger partial charge in [0.1, 0.15) is 12.4 Å². The lowest BCUT2D eigenvalue weighted by Gasteiger charge is -2.28. The molecule has 0 aliphatic carbocycles. The van der Waals surface area contributed by atoms with E-state index in [-0.39, 0.29) is 24.3 Å². The van der Waals surface area contributed by atoms with E-state index in [0.717, 1.165) is 15.3 Å². The van der Waals surface area contributed by atoms with Crippen LogP contribution in [-0.4, -0.2) is 54.8 Å². The number of halogens is 1. The number of thiophene rings is 1.